The summed E-state index contributed by atoms with van der Waals surface area (Å²) in [5.41, 5.74) is 3.07. The van der Waals surface area contributed by atoms with Gasteiger partial charge in [0.15, 0.2) is 5.70 Å². The SMILES string of the molecule is Cc1ccc(C2=N/C(=C\c3ccc[nH]3)C(=O)O2)cc1. The van der Waals surface area contributed by atoms with Gasteiger partial charge in [0.05, 0.1) is 0 Å². The van der Waals surface area contributed by atoms with Crippen LogP contribution in [0, 0.1) is 6.92 Å². The van der Waals surface area contributed by atoms with Gasteiger partial charge in [0.1, 0.15) is 0 Å². The third-order valence-corrected chi connectivity index (χ3v) is 2.83. The number of hydrogen-bond acceptors (Lipinski definition) is 3. The average molecular weight is 252 g/mol. The summed E-state index contributed by atoms with van der Waals surface area (Å²) in [5, 5.41) is 0. The van der Waals surface area contributed by atoms with Gasteiger partial charge in [0.2, 0.25) is 5.90 Å². The van der Waals surface area contributed by atoms with Crippen LogP contribution in [0.5, 0.6) is 0 Å². The van der Waals surface area contributed by atoms with Crippen LogP contribution in [0.15, 0.2) is 53.3 Å². The summed E-state index contributed by atoms with van der Waals surface area (Å²) >= 11 is 0. The molecule has 2 heterocycles. The number of aryl methyl sites for hydroxylation is 1. The zero-order valence-corrected chi connectivity index (χ0v) is 10.4. The van der Waals surface area contributed by atoms with Gasteiger partial charge >= 0.3 is 5.97 Å². The van der Waals surface area contributed by atoms with Gasteiger partial charge < -0.3 is 9.72 Å². The number of H-pyrrole nitrogens is 1. The van der Waals surface area contributed by atoms with E-state index in [1.165, 1.54) is 0 Å². The third kappa shape index (κ3) is 2.33. The molecule has 0 radical (unpaired) electrons. The number of aromatic amines is 1. The van der Waals surface area contributed by atoms with Crippen molar-refractivity contribution < 1.29 is 9.53 Å². The van der Waals surface area contributed by atoms with E-state index in [0.717, 1.165) is 16.8 Å². The summed E-state index contributed by atoms with van der Waals surface area (Å²) in [4.78, 5) is 19.0. The van der Waals surface area contributed by atoms with Gasteiger partial charge in [-0.1, -0.05) is 17.7 Å². The molecule has 0 fully saturated rings. The average Bonchev–Trinajstić information content (AvgIpc) is 3.02. The molecule has 0 bridgehead atoms. The van der Waals surface area contributed by atoms with Crippen molar-refractivity contribution >= 4 is 17.9 Å². The number of carbonyl (C=O) groups excluding carboxylic acids is 1. The first kappa shape index (κ1) is 11.5. The molecule has 0 atom stereocenters. The van der Waals surface area contributed by atoms with Crippen LogP contribution >= 0.6 is 0 Å². The van der Waals surface area contributed by atoms with Gasteiger partial charge in [-0.2, -0.15) is 0 Å². The molecule has 19 heavy (non-hydrogen) atoms. The third-order valence-electron chi connectivity index (χ3n) is 2.83. The van der Waals surface area contributed by atoms with E-state index < -0.39 is 5.97 Å². The minimum absolute atomic E-state index is 0.304. The first-order chi connectivity index (χ1) is 9.22. The predicted molar refractivity (Wildman–Crippen MR) is 72.6 cm³/mol. The number of aromatic nitrogens is 1. The lowest BCUT2D eigenvalue weighted by Gasteiger charge is -1.99. The minimum Gasteiger partial charge on any atom is -0.402 e. The van der Waals surface area contributed by atoms with Crippen LogP contribution in [0.2, 0.25) is 0 Å². The maximum absolute atomic E-state index is 11.7. The highest BCUT2D eigenvalue weighted by Crippen LogP contribution is 2.18. The summed E-state index contributed by atoms with van der Waals surface area (Å²) in [6.07, 6.45) is 3.46. The Labute approximate surface area is 110 Å². The molecule has 1 aliphatic heterocycles. The minimum atomic E-state index is -0.426. The standard InChI is InChI=1S/C15H12N2O2/c1-10-4-6-11(7-5-10)14-17-13(15(18)19-14)9-12-3-2-8-16-12/h2-9,16H,1H3/b13-9-. The topological polar surface area (TPSA) is 54.5 Å². The molecule has 1 N–H and O–H groups in total. The van der Waals surface area contributed by atoms with Crippen molar-refractivity contribution in [3.8, 4) is 0 Å². The van der Waals surface area contributed by atoms with Crippen LogP contribution in [0.3, 0.4) is 0 Å². The molecule has 0 unspecified atom stereocenters. The fourth-order valence-corrected chi connectivity index (χ4v) is 1.81. The molecule has 0 spiro atoms. The summed E-state index contributed by atoms with van der Waals surface area (Å²) < 4.78 is 5.18. The van der Waals surface area contributed by atoms with Crippen molar-refractivity contribution in [1.29, 1.82) is 0 Å². The molecule has 2 aromatic rings. The number of rotatable bonds is 2. The van der Waals surface area contributed by atoms with E-state index in [1.807, 2.05) is 43.3 Å². The largest absolute Gasteiger partial charge is 0.402 e. The van der Waals surface area contributed by atoms with E-state index in [2.05, 4.69) is 9.98 Å². The number of hydrogen-bond donors (Lipinski definition) is 1. The van der Waals surface area contributed by atoms with Crippen molar-refractivity contribution in [3.63, 3.8) is 0 Å². The quantitative estimate of drug-likeness (QED) is 0.660. The number of esters is 1. The molecule has 1 aliphatic rings. The van der Waals surface area contributed by atoms with E-state index in [1.54, 1.807) is 12.3 Å². The number of carbonyl (C=O) groups is 1. The van der Waals surface area contributed by atoms with E-state index in [0.29, 0.717) is 11.6 Å². The smallest absolute Gasteiger partial charge is 0.363 e. The number of ether oxygens (including phenoxy) is 1. The van der Waals surface area contributed by atoms with Crippen LogP contribution < -0.4 is 0 Å². The maximum atomic E-state index is 11.7. The van der Waals surface area contributed by atoms with Gasteiger partial charge in [-0.05, 0) is 37.3 Å². The maximum Gasteiger partial charge on any atom is 0.363 e. The predicted octanol–water partition coefficient (Wildman–Crippen LogP) is 2.67. The summed E-state index contributed by atoms with van der Waals surface area (Å²) in [6, 6.07) is 11.4. The molecule has 0 saturated heterocycles. The fraction of sp³-hybridized carbons (Fsp3) is 0.0667. The zero-order chi connectivity index (χ0) is 13.2. The Hall–Kier alpha value is -2.62. The monoisotopic (exact) mass is 252 g/mol. The highest BCUT2D eigenvalue weighted by molar-refractivity contribution is 6.12. The number of nitrogens with one attached hydrogen (secondary N) is 1. The van der Waals surface area contributed by atoms with Crippen molar-refractivity contribution in [2.75, 3.05) is 0 Å². The van der Waals surface area contributed by atoms with Gasteiger partial charge in [0, 0.05) is 17.5 Å². The number of nitrogens with zero attached hydrogens (tertiary/aromatic N) is 1. The van der Waals surface area contributed by atoms with Gasteiger partial charge in [-0.25, -0.2) is 9.79 Å². The number of benzene rings is 1. The van der Waals surface area contributed by atoms with Crippen LogP contribution in [0.1, 0.15) is 16.8 Å². The number of aliphatic imine (C=N–C) groups is 1. The van der Waals surface area contributed by atoms with Crippen LogP contribution in [0.25, 0.3) is 6.08 Å². The highest BCUT2D eigenvalue weighted by atomic mass is 16.6. The molecule has 0 amide bonds. The van der Waals surface area contributed by atoms with Gasteiger partial charge in [0.25, 0.3) is 0 Å². The lowest BCUT2D eigenvalue weighted by atomic mass is 10.1. The zero-order valence-electron chi connectivity index (χ0n) is 10.4. The Morgan fingerprint density at radius 1 is 1.21 bits per heavy atom. The second-order valence-electron chi connectivity index (χ2n) is 4.33. The lowest BCUT2D eigenvalue weighted by molar-refractivity contribution is -0.129. The molecule has 1 aromatic carbocycles. The van der Waals surface area contributed by atoms with Crippen LogP contribution in [-0.4, -0.2) is 16.9 Å². The molecule has 4 nitrogen and oxygen atoms in total. The Morgan fingerprint density at radius 3 is 2.68 bits per heavy atom. The Bertz CT molecular complexity index is 665. The van der Waals surface area contributed by atoms with Crippen molar-refractivity contribution in [3.05, 3.63) is 65.1 Å². The van der Waals surface area contributed by atoms with Crippen LogP contribution in [-0.2, 0) is 9.53 Å². The summed E-state index contributed by atoms with van der Waals surface area (Å²) in [6.45, 7) is 2.00. The Balaban J connectivity index is 1.93. The van der Waals surface area contributed by atoms with Gasteiger partial charge in [-0.15, -0.1) is 0 Å². The van der Waals surface area contributed by atoms with E-state index >= 15 is 0 Å². The Morgan fingerprint density at radius 2 is 2.00 bits per heavy atom. The second kappa shape index (κ2) is 4.57. The van der Waals surface area contributed by atoms with Crippen molar-refractivity contribution in [2.24, 2.45) is 4.99 Å². The first-order valence-corrected chi connectivity index (χ1v) is 5.95. The normalized spacial score (nSPS) is 16.6. The molecule has 1 aromatic heterocycles. The molecule has 94 valence electrons. The Kier molecular flexibility index (Phi) is 2.76. The number of cyclic esters (lactones) is 1. The van der Waals surface area contributed by atoms with Gasteiger partial charge in [-0.3, -0.25) is 0 Å². The van der Waals surface area contributed by atoms with E-state index in [-0.39, 0.29) is 0 Å². The van der Waals surface area contributed by atoms with Crippen molar-refractivity contribution in [1.82, 2.24) is 4.98 Å². The molecule has 4 heteroatoms. The van der Waals surface area contributed by atoms with Crippen LogP contribution in [0.4, 0.5) is 0 Å². The van der Waals surface area contributed by atoms with Crippen molar-refractivity contribution in [2.45, 2.75) is 6.92 Å². The molecule has 0 aliphatic carbocycles. The second-order valence-corrected chi connectivity index (χ2v) is 4.33. The fourth-order valence-electron chi connectivity index (χ4n) is 1.81. The first-order valence-electron chi connectivity index (χ1n) is 5.95. The van der Waals surface area contributed by atoms with E-state index in [4.69, 9.17) is 4.74 Å². The van der Waals surface area contributed by atoms with E-state index in [9.17, 15) is 4.79 Å². The summed E-state index contributed by atoms with van der Waals surface area (Å²) in [5.74, 6) is -0.0759. The molecule has 3 rings (SSSR count). The molecular weight excluding hydrogens is 240 g/mol. The summed E-state index contributed by atoms with van der Waals surface area (Å²) in [7, 11) is 0. The lowest BCUT2D eigenvalue weighted by Crippen LogP contribution is -2.05. The molecule has 0 saturated carbocycles. The highest BCUT2D eigenvalue weighted by Gasteiger charge is 2.23. The molecular formula is C15H12N2O2.